The Labute approximate surface area is 111 Å². The maximum Gasteiger partial charge on any atom is 0.121 e. The molecule has 0 heterocycles. The maximum absolute atomic E-state index is 5.29. The third kappa shape index (κ3) is 3.72. The number of nitrogens with zero attached hydrogens (tertiary/aromatic N) is 1. The molecule has 1 aromatic carbocycles. The number of benzene rings is 1. The minimum absolute atomic E-state index is 0.141. The number of likely N-dealkylation sites (N-methyl/N-ethyl adjacent to an activating group) is 2. The van der Waals surface area contributed by atoms with Crippen LogP contribution in [0.15, 0.2) is 18.2 Å². The van der Waals surface area contributed by atoms with Crippen LogP contribution in [0, 0.1) is 6.92 Å². The van der Waals surface area contributed by atoms with Crippen LogP contribution in [-0.2, 0) is 6.54 Å². The van der Waals surface area contributed by atoms with Gasteiger partial charge in [0, 0.05) is 18.6 Å². The molecule has 0 fully saturated rings. The molecule has 0 amide bonds. The first-order chi connectivity index (χ1) is 8.40. The van der Waals surface area contributed by atoms with Gasteiger partial charge in [-0.1, -0.05) is 12.1 Å². The van der Waals surface area contributed by atoms with Gasteiger partial charge in [-0.15, -0.1) is 0 Å². The highest BCUT2D eigenvalue weighted by Crippen LogP contribution is 2.21. The standard InChI is InChI=1S/C15H26N2O/c1-12-9-13(7-8-14(12)18-6)10-17(5)15(2,3)11-16-4/h7-9,16H,10-11H2,1-6H3. The normalized spacial score (nSPS) is 11.9. The van der Waals surface area contributed by atoms with Gasteiger partial charge < -0.3 is 10.1 Å². The minimum Gasteiger partial charge on any atom is -0.496 e. The zero-order chi connectivity index (χ0) is 13.8. The second-order valence-corrected chi connectivity index (χ2v) is 5.50. The lowest BCUT2D eigenvalue weighted by Gasteiger charge is -2.35. The van der Waals surface area contributed by atoms with Crippen molar-refractivity contribution in [2.24, 2.45) is 0 Å². The Hall–Kier alpha value is -1.06. The van der Waals surface area contributed by atoms with E-state index in [0.717, 1.165) is 18.8 Å². The lowest BCUT2D eigenvalue weighted by atomic mass is 10.0. The molecule has 3 nitrogen and oxygen atoms in total. The molecule has 102 valence electrons. The van der Waals surface area contributed by atoms with Crippen molar-refractivity contribution in [3.63, 3.8) is 0 Å². The van der Waals surface area contributed by atoms with Crippen molar-refractivity contribution in [2.45, 2.75) is 32.9 Å². The average molecular weight is 250 g/mol. The van der Waals surface area contributed by atoms with E-state index in [4.69, 9.17) is 4.74 Å². The second kappa shape index (κ2) is 6.21. The number of rotatable bonds is 6. The summed E-state index contributed by atoms with van der Waals surface area (Å²) in [4.78, 5) is 2.37. The molecule has 1 aromatic rings. The lowest BCUT2D eigenvalue weighted by molar-refractivity contribution is 0.147. The van der Waals surface area contributed by atoms with E-state index in [2.05, 4.69) is 50.2 Å². The van der Waals surface area contributed by atoms with Gasteiger partial charge in [-0.2, -0.15) is 0 Å². The molecule has 0 spiro atoms. The lowest BCUT2D eigenvalue weighted by Crippen LogP contribution is -2.47. The second-order valence-electron chi connectivity index (χ2n) is 5.50. The molecule has 0 aromatic heterocycles. The number of ether oxygens (including phenoxy) is 1. The molecule has 0 aliphatic rings. The van der Waals surface area contributed by atoms with Crippen LogP contribution in [0.25, 0.3) is 0 Å². The van der Waals surface area contributed by atoms with E-state index in [1.54, 1.807) is 7.11 Å². The molecule has 3 heteroatoms. The highest BCUT2D eigenvalue weighted by molar-refractivity contribution is 5.36. The summed E-state index contributed by atoms with van der Waals surface area (Å²) in [6.45, 7) is 8.50. The Bertz CT molecular complexity index is 388. The number of methoxy groups -OCH3 is 1. The van der Waals surface area contributed by atoms with Gasteiger partial charge in [0.1, 0.15) is 5.75 Å². The van der Waals surface area contributed by atoms with Crippen LogP contribution in [0.2, 0.25) is 0 Å². The maximum atomic E-state index is 5.29. The van der Waals surface area contributed by atoms with E-state index < -0.39 is 0 Å². The number of nitrogens with one attached hydrogen (secondary N) is 1. The van der Waals surface area contributed by atoms with Crippen LogP contribution in [-0.4, -0.2) is 38.2 Å². The largest absolute Gasteiger partial charge is 0.496 e. The Morgan fingerprint density at radius 3 is 2.50 bits per heavy atom. The molecule has 0 aliphatic heterocycles. The monoisotopic (exact) mass is 250 g/mol. The Kier molecular flexibility index (Phi) is 5.17. The summed E-state index contributed by atoms with van der Waals surface area (Å²) in [5.41, 5.74) is 2.65. The molecule has 0 aliphatic carbocycles. The van der Waals surface area contributed by atoms with Crippen LogP contribution in [0.5, 0.6) is 5.75 Å². The highest BCUT2D eigenvalue weighted by Gasteiger charge is 2.22. The molecule has 0 saturated heterocycles. The zero-order valence-electron chi connectivity index (χ0n) is 12.5. The zero-order valence-corrected chi connectivity index (χ0v) is 12.5. The third-order valence-electron chi connectivity index (χ3n) is 3.52. The van der Waals surface area contributed by atoms with E-state index in [1.165, 1.54) is 11.1 Å². The van der Waals surface area contributed by atoms with Crippen LogP contribution < -0.4 is 10.1 Å². The summed E-state index contributed by atoms with van der Waals surface area (Å²) in [6, 6.07) is 6.38. The van der Waals surface area contributed by atoms with Gasteiger partial charge in [0.15, 0.2) is 0 Å². The van der Waals surface area contributed by atoms with E-state index in [1.807, 2.05) is 13.1 Å². The first kappa shape index (κ1) is 15.0. The number of hydrogen-bond acceptors (Lipinski definition) is 3. The smallest absolute Gasteiger partial charge is 0.121 e. The van der Waals surface area contributed by atoms with Gasteiger partial charge in [0.05, 0.1) is 7.11 Å². The average Bonchev–Trinajstić information content (AvgIpc) is 2.29. The number of aryl methyl sites for hydroxylation is 1. The van der Waals surface area contributed by atoms with Crippen LogP contribution in [0.3, 0.4) is 0 Å². The van der Waals surface area contributed by atoms with Crippen molar-refractivity contribution in [3.05, 3.63) is 29.3 Å². The summed E-state index contributed by atoms with van der Waals surface area (Å²) in [7, 11) is 5.87. The highest BCUT2D eigenvalue weighted by atomic mass is 16.5. The Morgan fingerprint density at radius 2 is 2.00 bits per heavy atom. The van der Waals surface area contributed by atoms with Crippen LogP contribution in [0.4, 0.5) is 0 Å². The van der Waals surface area contributed by atoms with Gasteiger partial charge in [-0.05, 0) is 52.1 Å². The fourth-order valence-electron chi connectivity index (χ4n) is 2.09. The van der Waals surface area contributed by atoms with Crippen molar-refractivity contribution >= 4 is 0 Å². The van der Waals surface area contributed by atoms with E-state index in [9.17, 15) is 0 Å². The third-order valence-corrected chi connectivity index (χ3v) is 3.52. The van der Waals surface area contributed by atoms with Crippen molar-refractivity contribution in [3.8, 4) is 5.75 Å². The molecule has 0 unspecified atom stereocenters. The number of hydrogen-bond donors (Lipinski definition) is 1. The Balaban J connectivity index is 2.76. The minimum atomic E-state index is 0.141. The fourth-order valence-corrected chi connectivity index (χ4v) is 2.09. The van der Waals surface area contributed by atoms with Crippen LogP contribution in [0.1, 0.15) is 25.0 Å². The van der Waals surface area contributed by atoms with Crippen molar-refractivity contribution in [1.29, 1.82) is 0 Å². The molecule has 18 heavy (non-hydrogen) atoms. The van der Waals surface area contributed by atoms with Gasteiger partial charge in [-0.3, -0.25) is 4.90 Å². The van der Waals surface area contributed by atoms with Crippen molar-refractivity contribution in [1.82, 2.24) is 10.2 Å². The van der Waals surface area contributed by atoms with Gasteiger partial charge in [0.25, 0.3) is 0 Å². The summed E-state index contributed by atoms with van der Waals surface area (Å²) >= 11 is 0. The Morgan fingerprint density at radius 1 is 1.33 bits per heavy atom. The quantitative estimate of drug-likeness (QED) is 0.839. The first-order valence-corrected chi connectivity index (χ1v) is 6.40. The van der Waals surface area contributed by atoms with Crippen LogP contribution >= 0.6 is 0 Å². The summed E-state index contributed by atoms with van der Waals surface area (Å²) < 4.78 is 5.29. The molecule has 1 N–H and O–H groups in total. The van der Waals surface area contributed by atoms with E-state index in [-0.39, 0.29) is 5.54 Å². The molecule has 0 radical (unpaired) electrons. The van der Waals surface area contributed by atoms with Gasteiger partial charge >= 0.3 is 0 Å². The predicted octanol–water partition coefficient (Wildman–Crippen LogP) is 2.43. The van der Waals surface area contributed by atoms with Gasteiger partial charge in [0.2, 0.25) is 0 Å². The molecule has 1 rings (SSSR count). The molecule has 0 bridgehead atoms. The summed E-state index contributed by atoms with van der Waals surface area (Å²) in [5, 5.41) is 3.24. The van der Waals surface area contributed by atoms with Gasteiger partial charge in [-0.25, -0.2) is 0 Å². The van der Waals surface area contributed by atoms with Crippen molar-refractivity contribution in [2.75, 3.05) is 27.7 Å². The van der Waals surface area contributed by atoms with Crippen molar-refractivity contribution < 1.29 is 4.74 Å². The predicted molar refractivity (Wildman–Crippen MR) is 77.2 cm³/mol. The fraction of sp³-hybridized carbons (Fsp3) is 0.600. The molecular weight excluding hydrogens is 224 g/mol. The SMILES string of the molecule is CNCC(C)(C)N(C)Cc1ccc(OC)c(C)c1. The molecule has 0 atom stereocenters. The first-order valence-electron chi connectivity index (χ1n) is 6.40. The molecule has 0 saturated carbocycles. The molecular formula is C15H26N2O. The topological polar surface area (TPSA) is 24.5 Å². The summed E-state index contributed by atoms with van der Waals surface area (Å²) in [5.74, 6) is 0.955. The van der Waals surface area contributed by atoms with E-state index in [0.29, 0.717) is 0 Å². The summed E-state index contributed by atoms with van der Waals surface area (Å²) in [6.07, 6.45) is 0. The van der Waals surface area contributed by atoms with E-state index >= 15 is 0 Å².